The van der Waals surface area contributed by atoms with Gasteiger partial charge in [-0.15, -0.1) is 0 Å². The Balaban J connectivity index is 2.22. The lowest BCUT2D eigenvalue weighted by Gasteiger charge is -2.19. The Morgan fingerprint density at radius 3 is 2.75 bits per heavy atom. The first-order valence-corrected chi connectivity index (χ1v) is 8.23. The van der Waals surface area contributed by atoms with Crippen LogP contribution in [0.1, 0.15) is 30.8 Å². The lowest BCUT2D eigenvalue weighted by molar-refractivity contribution is 0.511. The summed E-state index contributed by atoms with van der Waals surface area (Å²) in [5.41, 5.74) is 2.09. The maximum absolute atomic E-state index is 4.54. The first-order valence-electron chi connectivity index (χ1n) is 6.65. The van der Waals surface area contributed by atoms with Crippen LogP contribution in [0.15, 0.2) is 45.6 Å². The zero-order valence-corrected chi connectivity index (χ0v) is 14.5. The summed E-state index contributed by atoms with van der Waals surface area (Å²) in [6.07, 6.45) is 5.58. The SMILES string of the molecule is CCCNC(Cc1ccccn1)c1ncc(Br)cc1Br. The number of hydrogen-bond acceptors (Lipinski definition) is 3. The van der Waals surface area contributed by atoms with Crippen molar-refractivity contribution in [3.8, 4) is 0 Å². The quantitative estimate of drug-likeness (QED) is 0.788. The third kappa shape index (κ3) is 4.36. The standard InChI is InChI=1S/C15H17Br2N3/c1-2-6-19-14(9-12-5-3-4-7-18-12)15-13(17)8-11(16)10-20-15/h3-5,7-8,10,14,19H,2,6,9H2,1H3. The summed E-state index contributed by atoms with van der Waals surface area (Å²) in [4.78, 5) is 8.95. The second-order valence-electron chi connectivity index (χ2n) is 4.55. The topological polar surface area (TPSA) is 37.8 Å². The minimum Gasteiger partial charge on any atom is -0.308 e. The first kappa shape index (κ1) is 15.6. The fourth-order valence-electron chi connectivity index (χ4n) is 1.99. The Labute approximate surface area is 136 Å². The van der Waals surface area contributed by atoms with E-state index < -0.39 is 0 Å². The highest BCUT2D eigenvalue weighted by Gasteiger charge is 2.16. The molecule has 0 aromatic carbocycles. The van der Waals surface area contributed by atoms with E-state index in [1.54, 1.807) is 0 Å². The van der Waals surface area contributed by atoms with Gasteiger partial charge in [-0.1, -0.05) is 13.0 Å². The molecule has 5 heteroatoms. The molecule has 1 atom stereocenters. The molecule has 1 unspecified atom stereocenters. The highest BCUT2D eigenvalue weighted by molar-refractivity contribution is 9.11. The zero-order valence-electron chi connectivity index (χ0n) is 11.3. The molecule has 106 valence electrons. The van der Waals surface area contributed by atoms with Crippen LogP contribution < -0.4 is 5.32 Å². The van der Waals surface area contributed by atoms with Crippen LogP contribution in [0.25, 0.3) is 0 Å². The average Bonchev–Trinajstić information content (AvgIpc) is 2.45. The monoisotopic (exact) mass is 397 g/mol. The third-order valence-corrected chi connectivity index (χ3v) is 4.02. The van der Waals surface area contributed by atoms with Crippen LogP contribution in [0.4, 0.5) is 0 Å². The smallest absolute Gasteiger partial charge is 0.0719 e. The van der Waals surface area contributed by atoms with Crippen molar-refractivity contribution in [2.24, 2.45) is 0 Å². The van der Waals surface area contributed by atoms with E-state index >= 15 is 0 Å². The fraction of sp³-hybridized carbons (Fsp3) is 0.333. The molecule has 2 aromatic rings. The summed E-state index contributed by atoms with van der Waals surface area (Å²) in [6.45, 7) is 3.12. The summed E-state index contributed by atoms with van der Waals surface area (Å²) < 4.78 is 1.98. The van der Waals surface area contributed by atoms with E-state index in [1.807, 2.05) is 36.7 Å². The number of aromatic nitrogens is 2. The van der Waals surface area contributed by atoms with Crippen molar-refractivity contribution in [3.63, 3.8) is 0 Å². The minimum absolute atomic E-state index is 0.160. The van der Waals surface area contributed by atoms with Gasteiger partial charge in [-0.3, -0.25) is 9.97 Å². The first-order chi connectivity index (χ1) is 9.70. The molecule has 0 fully saturated rings. The second kappa shape index (κ2) is 7.86. The van der Waals surface area contributed by atoms with Gasteiger partial charge < -0.3 is 5.32 Å². The van der Waals surface area contributed by atoms with Crippen LogP contribution in [0, 0.1) is 0 Å². The van der Waals surface area contributed by atoms with Gasteiger partial charge in [0.15, 0.2) is 0 Å². The van der Waals surface area contributed by atoms with Gasteiger partial charge in [-0.05, 0) is 63.0 Å². The Hall–Kier alpha value is -0.780. The van der Waals surface area contributed by atoms with Crippen LogP contribution in [0.3, 0.4) is 0 Å². The van der Waals surface area contributed by atoms with Gasteiger partial charge in [0.2, 0.25) is 0 Å². The Morgan fingerprint density at radius 1 is 1.25 bits per heavy atom. The van der Waals surface area contributed by atoms with Gasteiger partial charge in [0.1, 0.15) is 0 Å². The van der Waals surface area contributed by atoms with E-state index in [2.05, 4.69) is 54.1 Å². The van der Waals surface area contributed by atoms with Gasteiger partial charge in [-0.2, -0.15) is 0 Å². The Morgan fingerprint density at radius 2 is 2.10 bits per heavy atom. The molecule has 0 amide bonds. The van der Waals surface area contributed by atoms with Crippen LogP contribution >= 0.6 is 31.9 Å². The van der Waals surface area contributed by atoms with E-state index in [0.717, 1.165) is 39.7 Å². The van der Waals surface area contributed by atoms with Crippen molar-refractivity contribution in [1.29, 1.82) is 0 Å². The zero-order chi connectivity index (χ0) is 14.4. The molecule has 20 heavy (non-hydrogen) atoms. The molecule has 3 nitrogen and oxygen atoms in total. The number of nitrogens with zero attached hydrogens (tertiary/aromatic N) is 2. The molecule has 2 heterocycles. The molecule has 0 aliphatic carbocycles. The van der Waals surface area contributed by atoms with Gasteiger partial charge in [0.05, 0.1) is 11.7 Å². The Bertz CT molecular complexity index is 546. The number of pyridine rings is 2. The van der Waals surface area contributed by atoms with E-state index in [-0.39, 0.29) is 6.04 Å². The van der Waals surface area contributed by atoms with Crippen LogP contribution in [0.5, 0.6) is 0 Å². The van der Waals surface area contributed by atoms with Crippen molar-refractivity contribution in [2.75, 3.05) is 6.54 Å². The molecule has 0 aliphatic rings. The fourth-order valence-corrected chi connectivity index (χ4v) is 3.26. The van der Waals surface area contributed by atoms with Crippen molar-refractivity contribution < 1.29 is 0 Å². The van der Waals surface area contributed by atoms with Crippen molar-refractivity contribution in [2.45, 2.75) is 25.8 Å². The molecular formula is C15H17Br2N3. The predicted octanol–water partition coefficient (Wildman–Crippen LogP) is 4.29. The lowest BCUT2D eigenvalue weighted by Crippen LogP contribution is -2.25. The maximum atomic E-state index is 4.54. The number of nitrogens with one attached hydrogen (secondary N) is 1. The molecule has 0 aliphatic heterocycles. The van der Waals surface area contributed by atoms with E-state index in [9.17, 15) is 0 Å². The van der Waals surface area contributed by atoms with Gasteiger partial charge in [0.25, 0.3) is 0 Å². The maximum Gasteiger partial charge on any atom is 0.0719 e. The molecule has 0 spiro atoms. The summed E-state index contributed by atoms with van der Waals surface area (Å²) in [5.74, 6) is 0. The highest BCUT2D eigenvalue weighted by Crippen LogP contribution is 2.26. The predicted molar refractivity (Wildman–Crippen MR) is 88.6 cm³/mol. The molecule has 2 rings (SSSR count). The molecule has 1 N–H and O–H groups in total. The average molecular weight is 399 g/mol. The summed E-state index contributed by atoms with van der Waals surface area (Å²) >= 11 is 7.04. The number of rotatable bonds is 6. The second-order valence-corrected chi connectivity index (χ2v) is 6.32. The number of halogens is 2. The molecule has 0 saturated carbocycles. The highest BCUT2D eigenvalue weighted by atomic mass is 79.9. The molecule has 0 bridgehead atoms. The number of hydrogen-bond donors (Lipinski definition) is 1. The molecular weight excluding hydrogens is 382 g/mol. The van der Waals surface area contributed by atoms with Crippen molar-refractivity contribution >= 4 is 31.9 Å². The normalized spacial score (nSPS) is 12.3. The van der Waals surface area contributed by atoms with Crippen LogP contribution in [-0.4, -0.2) is 16.5 Å². The molecule has 0 saturated heterocycles. The molecule has 0 radical (unpaired) electrons. The Kier molecular flexibility index (Phi) is 6.13. The summed E-state index contributed by atoms with van der Waals surface area (Å²) in [7, 11) is 0. The summed E-state index contributed by atoms with van der Waals surface area (Å²) in [6, 6.07) is 8.19. The van der Waals surface area contributed by atoms with Gasteiger partial charge in [0, 0.05) is 33.5 Å². The van der Waals surface area contributed by atoms with E-state index in [1.165, 1.54) is 0 Å². The van der Waals surface area contributed by atoms with E-state index in [0.29, 0.717) is 0 Å². The third-order valence-electron chi connectivity index (χ3n) is 2.95. The van der Waals surface area contributed by atoms with Crippen LogP contribution in [-0.2, 0) is 6.42 Å². The molecule has 2 aromatic heterocycles. The van der Waals surface area contributed by atoms with Crippen molar-refractivity contribution in [1.82, 2.24) is 15.3 Å². The lowest BCUT2D eigenvalue weighted by atomic mass is 10.1. The summed E-state index contributed by atoms with van der Waals surface area (Å²) in [5, 5.41) is 3.55. The van der Waals surface area contributed by atoms with Gasteiger partial charge in [-0.25, -0.2) is 0 Å². The van der Waals surface area contributed by atoms with E-state index in [4.69, 9.17) is 0 Å². The van der Waals surface area contributed by atoms with Gasteiger partial charge >= 0.3 is 0 Å². The minimum atomic E-state index is 0.160. The largest absolute Gasteiger partial charge is 0.308 e. The van der Waals surface area contributed by atoms with Crippen molar-refractivity contribution in [3.05, 3.63) is 57.0 Å². The van der Waals surface area contributed by atoms with Crippen LogP contribution in [0.2, 0.25) is 0 Å².